The van der Waals surface area contributed by atoms with Crippen LogP contribution in [0.1, 0.15) is 17.5 Å². The highest BCUT2D eigenvalue weighted by Crippen LogP contribution is 2.27. The van der Waals surface area contributed by atoms with E-state index in [1.807, 2.05) is 13.1 Å². The number of hydrogen-bond donors (Lipinski definition) is 2. The molecule has 0 saturated carbocycles. The Hall–Kier alpha value is -2.16. The first kappa shape index (κ1) is 23.5. The van der Waals surface area contributed by atoms with Crippen molar-refractivity contribution in [3.8, 4) is 11.5 Å². The minimum Gasteiger partial charge on any atom is -0.497 e. The molecule has 0 bridgehead atoms. The van der Waals surface area contributed by atoms with Gasteiger partial charge < -0.3 is 25.0 Å². The van der Waals surface area contributed by atoms with E-state index in [1.54, 1.807) is 7.11 Å². The summed E-state index contributed by atoms with van der Waals surface area (Å²) in [5, 5.41) is 6.95. The van der Waals surface area contributed by atoms with E-state index in [1.165, 1.54) is 23.2 Å². The Morgan fingerprint density at radius 3 is 2.97 bits per heavy atom. The van der Waals surface area contributed by atoms with Crippen molar-refractivity contribution in [2.75, 3.05) is 51.8 Å². The summed E-state index contributed by atoms with van der Waals surface area (Å²) in [7, 11) is 3.55. The average Bonchev–Trinajstić information content (AvgIpc) is 3.45. The molecule has 2 aromatic rings. The molecular weight excluding hydrogens is 503 g/mol. The second-order valence-electron chi connectivity index (χ2n) is 7.97. The van der Waals surface area contributed by atoms with Gasteiger partial charge in [0.25, 0.3) is 0 Å². The highest BCUT2D eigenvalue weighted by atomic mass is 127. The molecule has 168 valence electrons. The van der Waals surface area contributed by atoms with E-state index in [2.05, 4.69) is 56.9 Å². The van der Waals surface area contributed by atoms with Crippen molar-refractivity contribution in [3.05, 3.63) is 53.6 Å². The number of methoxy groups -OCH3 is 1. The molecule has 0 amide bonds. The average molecular weight is 536 g/mol. The molecule has 0 radical (unpaired) electrons. The zero-order chi connectivity index (χ0) is 20.8. The molecule has 6 nitrogen and oxygen atoms in total. The molecule has 31 heavy (non-hydrogen) atoms. The molecule has 1 fully saturated rings. The Labute approximate surface area is 202 Å². The topological polar surface area (TPSA) is 58.1 Å². The van der Waals surface area contributed by atoms with Gasteiger partial charge in [0.2, 0.25) is 0 Å². The number of anilines is 1. The SMILES string of the molecule is CN=C(NCCc1ccc2c(c1)CCO2)NCC1CCN(c2cccc(OC)c2)C1.I. The Balaban J connectivity index is 0.00000272. The van der Waals surface area contributed by atoms with Gasteiger partial charge in [-0.15, -0.1) is 24.0 Å². The standard InChI is InChI=1S/C24H32N4O2.HI/c1-25-24(26-11-8-18-6-7-23-20(14-18)10-13-30-23)27-16-19-9-12-28(17-19)21-4-3-5-22(15-21)29-2;/h3-7,14-15,19H,8-13,16-17H2,1-2H3,(H2,25,26,27);1H. The lowest BCUT2D eigenvalue weighted by atomic mass is 10.1. The monoisotopic (exact) mass is 536 g/mol. The van der Waals surface area contributed by atoms with Gasteiger partial charge >= 0.3 is 0 Å². The molecule has 1 atom stereocenters. The van der Waals surface area contributed by atoms with E-state index in [9.17, 15) is 0 Å². The van der Waals surface area contributed by atoms with Crippen LogP contribution < -0.4 is 25.0 Å². The van der Waals surface area contributed by atoms with Crippen molar-refractivity contribution < 1.29 is 9.47 Å². The van der Waals surface area contributed by atoms with Crippen LogP contribution in [0.4, 0.5) is 5.69 Å². The predicted molar refractivity (Wildman–Crippen MR) is 137 cm³/mol. The zero-order valence-corrected chi connectivity index (χ0v) is 20.7. The summed E-state index contributed by atoms with van der Waals surface area (Å²) in [6, 6.07) is 14.8. The Morgan fingerprint density at radius 2 is 2.13 bits per heavy atom. The highest BCUT2D eigenvalue weighted by Gasteiger charge is 2.23. The molecule has 0 aromatic heterocycles. The first-order chi connectivity index (χ1) is 14.7. The summed E-state index contributed by atoms with van der Waals surface area (Å²) in [6.07, 6.45) is 3.17. The van der Waals surface area contributed by atoms with Crippen molar-refractivity contribution in [1.29, 1.82) is 0 Å². The van der Waals surface area contributed by atoms with Crippen molar-refractivity contribution >= 4 is 35.6 Å². The summed E-state index contributed by atoms with van der Waals surface area (Å²) in [5.41, 5.74) is 3.91. The van der Waals surface area contributed by atoms with Gasteiger partial charge in [-0.1, -0.05) is 18.2 Å². The van der Waals surface area contributed by atoms with E-state index in [4.69, 9.17) is 9.47 Å². The van der Waals surface area contributed by atoms with Crippen LogP contribution in [0, 0.1) is 5.92 Å². The molecule has 7 heteroatoms. The number of aliphatic imine (C=N–C) groups is 1. The molecule has 4 rings (SSSR count). The van der Waals surface area contributed by atoms with Crippen LogP contribution in [0.3, 0.4) is 0 Å². The van der Waals surface area contributed by atoms with Crippen LogP contribution in [-0.4, -0.2) is 52.9 Å². The first-order valence-corrected chi connectivity index (χ1v) is 10.8. The van der Waals surface area contributed by atoms with Crippen molar-refractivity contribution in [2.45, 2.75) is 19.3 Å². The van der Waals surface area contributed by atoms with Gasteiger partial charge in [-0.3, -0.25) is 4.99 Å². The van der Waals surface area contributed by atoms with Gasteiger partial charge in [-0.25, -0.2) is 0 Å². The third-order valence-electron chi connectivity index (χ3n) is 5.95. The van der Waals surface area contributed by atoms with Crippen molar-refractivity contribution in [1.82, 2.24) is 10.6 Å². The van der Waals surface area contributed by atoms with Gasteiger partial charge in [0.15, 0.2) is 5.96 Å². The lowest BCUT2D eigenvalue weighted by Crippen LogP contribution is -2.41. The number of halogens is 1. The maximum atomic E-state index is 5.59. The van der Waals surface area contributed by atoms with E-state index >= 15 is 0 Å². The molecular formula is C24H33IN4O2. The second-order valence-corrected chi connectivity index (χ2v) is 7.97. The third-order valence-corrected chi connectivity index (χ3v) is 5.95. The number of ether oxygens (including phenoxy) is 2. The first-order valence-electron chi connectivity index (χ1n) is 10.8. The fourth-order valence-corrected chi connectivity index (χ4v) is 4.22. The van der Waals surface area contributed by atoms with E-state index in [0.717, 1.165) is 63.1 Å². The van der Waals surface area contributed by atoms with Crippen LogP contribution in [0.2, 0.25) is 0 Å². The smallest absolute Gasteiger partial charge is 0.190 e. The van der Waals surface area contributed by atoms with Crippen LogP contribution >= 0.6 is 24.0 Å². The number of hydrogen-bond acceptors (Lipinski definition) is 4. The number of fused-ring (bicyclic) bond motifs is 1. The molecule has 2 aliphatic heterocycles. The largest absolute Gasteiger partial charge is 0.497 e. The molecule has 2 heterocycles. The van der Waals surface area contributed by atoms with Gasteiger partial charge in [0, 0.05) is 51.4 Å². The van der Waals surface area contributed by atoms with Crippen molar-refractivity contribution in [2.24, 2.45) is 10.9 Å². The number of rotatable bonds is 7. The van der Waals surface area contributed by atoms with Crippen molar-refractivity contribution in [3.63, 3.8) is 0 Å². The van der Waals surface area contributed by atoms with E-state index in [-0.39, 0.29) is 24.0 Å². The summed E-state index contributed by atoms with van der Waals surface area (Å²) in [5.74, 6) is 3.43. The molecule has 2 aromatic carbocycles. The van der Waals surface area contributed by atoms with Gasteiger partial charge in [0.05, 0.1) is 13.7 Å². The summed E-state index contributed by atoms with van der Waals surface area (Å²) in [6.45, 7) is 4.72. The summed E-state index contributed by atoms with van der Waals surface area (Å²) >= 11 is 0. The lowest BCUT2D eigenvalue weighted by Gasteiger charge is -2.20. The fraction of sp³-hybridized carbons (Fsp3) is 0.458. The highest BCUT2D eigenvalue weighted by molar-refractivity contribution is 14.0. The molecule has 0 aliphatic carbocycles. The maximum Gasteiger partial charge on any atom is 0.190 e. The number of guanidine groups is 1. The second kappa shape index (κ2) is 11.5. The molecule has 1 saturated heterocycles. The Morgan fingerprint density at radius 1 is 1.23 bits per heavy atom. The van der Waals surface area contributed by atoms with Gasteiger partial charge in [-0.05, 0) is 48.1 Å². The zero-order valence-electron chi connectivity index (χ0n) is 18.4. The van der Waals surface area contributed by atoms with E-state index < -0.39 is 0 Å². The molecule has 2 N–H and O–H groups in total. The number of nitrogens with zero attached hydrogens (tertiary/aromatic N) is 2. The normalized spacial score (nSPS) is 17.5. The Kier molecular flexibility index (Phi) is 8.69. The van der Waals surface area contributed by atoms with Crippen LogP contribution in [0.5, 0.6) is 11.5 Å². The minimum absolute atomic E-state index is 0. The quantitative estimate of drug-likeness (QED) is 0.323. The lowest BCUT2D eigenvalue weighted by molar-refractivity contribution is 0.357. The summed E-state index contributed by atoms with van der Waals surface area (Å²) < 4.78 is 10.9. The van der Waals surface area contributed by atoms with Gasteiger partial charge in [0.1, 0.15) is 11.5 Å². The molecule has 2 aliphatic rings. The maximum absolute atomic E-state index is 5.59. The number of nitrogens with one attached hydrogen (secondary N) is 2. The van der Waals surface area contributed by atoms with Crippen LogP contribution in [0.25, 0.3) is 0 Å². The molecule has 0 spiro atoms. The predicted octanol–water partition coefficient (Wildman–Crippen LogP) is 3.48. The summed E-state index contributed by atoms with van der Waals surface area (Å²) in [4.78, 5) is 6.82. The molecule has 1 unspecified atom stereocenters. The third kappa shape index (κ3) is 6.18. The number of benzene rings is 2. The Bertz CT molecular complexity index is 890. The minimum atomic E-state index is 0. The van der Waals surface area contributed by atoms with Gasteiger partial charge in [-0.2, -0.15) is 0 Å². The van der Waals surface area contributed by atoms with Crippen LogP contribution in [0.15, 0.2) is 47.5 Å². The van der Waals surface area contributed by atoms with Crippen LogP contribution in [-0.2, 0) is 12.8 Å². The fourth-order valence-electron chi connectivity index (χ4n) is 4.22. The van der Waals surface area contributed by atoms with E-state index in [0.29, 0.717) is 5.92 Å².